The number of hydrogen-bond donors (Lipinski definition) is 2. The fourth-order valence-corrected chi connectivity index (χ4v) is 1.96. The Morgan fingerprint density at radius 1 is 1.26 bits per heavy atom. The number of nitrogens with two attached hydrogens (primary N) is 1. The average Bonchev–Trinajstić information content (AvgIpc) is 2.50. The highest BCUT2D eigenvalue weighted by molar-refractivity contribution is 5.93. The van der Waals surface area contributed by atoms with Gasteiger partial charge in [-0.1, -0.05) is 12.1 Å². The summed E-state index contributed by atoms with van der Waals surface area (Å²) in [6, 6.07) is 5.46. The summed E-state index contributed by atoms with van der Waals surface area (Å²) in [6.45, 7) is 7.89. The van der Waals surface area contributed by atoms with Gasteiger partial charge in [-0.2, -0.15) is 0 Å². The minimum Gasteiger partial charge on any atom is -0.444 e. The Bertz CT molecular complexity index is 658. The zero-order valence-electron chi connectivity index (χ0n) is 15.8. The van der Waals surface area contributed by atoms with Crippen molar-refractivity contribution < 1.29 is 27.4 Å². The molecular formula is C17H25F3N4O3. The Morgan fingerprint density at radius 3 is 2.44 bits per heavy atom. The van der Waals surface area contributed by atoms with Crippen molar-refractivity contribution in [3.05, 3.63) is 24.3 Å². The summed E-state index contributed by atoms with van der Waals surface area (Å²) < 4.78 is 46.5. The number of carbonyl (C=O) groups is 1. The Labute approximate surface area is 156 Å². The highest BCUT2D eigenvalue weighted by Crippen LogP contribution is 2.29. The number of nitrogens with zero attached hydrogens (tertiary/aromatic N) is 2. The number of anilines is 1. The van der Waals surface area contributed by atoms with Gasteiger partial charge in [0.05, 0.1) is 12.2 Å². The normalized spacial score (nSPS) is 12.5. The maximum Gasteiger partial charge on any atom is 0.573 e. The number of halogens is 3. The van der Waals surface area contributed by atoms with E-state index in [0.29, 0.717) is 6.54 Å². The van der Waals surface area contributed by atoms with Gasteiger partial charge in [-0.25, -0.2) is 4.79 Å². The molecule has 0 atom stereocenters. The van der Waals surface area contributed by atoms with Gasteiger partial charge in [0.15, 0.2) is 11.7 Å². The lowest BCUT2D eigenvalue weighted by atomic mass is 10.2. The Hall–Kier alpha value is -2.65. The Balaban J connectivity index is 2.67. The number of rotatable bonds is 6. The van der Waals surface area contributed by atoms with Crippen LogP contribution in [0.3, 0.4) is 0 Å². The van der Waals surface area contributed by atoms with Crippen LogP contribution in [0.1, 0.15) is 27.7 Å². The molecule has 152 valence electrons. The smallest absolute Gasteiger partial charge is 0.444 e. The van der Waals surface area contributed by atoms with Crippen molar-refractivity contribution in [2.24, 2.45) is 10.7 Å². The number of amides is 1. The van der Waals surface area contributed by atoms with E-state index in [2.05, 4.69) is 15.0 Å². The third-order valence-corrected chi connectivity index (χ3v) is 3.06. The number of aliphatic imine (C=N–C) groups is 1. The van der Waals surface area contributed by atoms with E-state index in [9.17, 15) is 18.0 Å². The van der Waals surface area contributed by atoms with Crippen LogP contribution in [0, 0.1) is 0 Å². The lowest BCUT2D eigenvalue weighted by molar-refractivity contribution is -0.274. The zero-order chi connectivity index (χ0) is 20.7. The number of ether oxygens (including phenoxy) is 2. The summed E-state index contributed by atoms with van der Waals surface area (Å²) in [7, 11) is 0. The molecule has 0 heterocycles. The van der Waals surface area contributed by atoms with Crippen molar-refractivity contribution in [3.8, 4) is 5.75 Å². The summed E-state index contributed by atoms with van der Waals surface area (Å²) >= 11 is 0. The van der Waals surface area contributed by atoms with Crippen LogP contribution in [-0.4, -0.2) is 48.6 Å². The monoisotopic (exact) mass is 390 g/mol. The van der Waals surface area contributed by atoms with Crippen LogP contribution in [-0.2, 0) is 4.74 Å². The third-order valence-electron chi connectivity index (χ3n) is 3.06. The molecule has 1 aromatic rings. The van der Waals surface area contributed by atoms with Gasteiger partial charge >= 0.3 is 12.5 Å². The van der Waals surface area contributed by atoms with Crippen molar-refractivity contribution >= 4 is 17.7 Å². The van der Waals surface area contributed by atoms with E-state index in [1.54, 1.807) is 27.7 Å². The molecule has 1 rings (SSSR count). The van der Waals surface area contributed by atoms with E-state index in [-0.39, 0.29) is 24.7 Å². The molecule has 1 aromatic carbocycles. The van der Waals surface area contributed by atoms with Crippen molar-refractivity contribution in [1.29, 1.82) is 0 Å². The molecule has 0 aliphatic heterocycles. The van der Waals surface area contributed by atoms with Gasteiger partial charge in [-0.15, -0.1) is 13.2 Å². The molecule has 0 aromatic heterocycles. The number of alkyl halides is 3. The van der Waals surface area contributed by atoms with E-state index in [0.717, 1.165) is 6.07 Å². The predicted octanol–water partition coefficient (Wildman–Crippen LogP) is 3.57. The second kappa shape index (κ2) is 9.33. The molecule has 0 saturated carbocycles. The first-order valence-electron chi connectivity index (χ1n) is 8.31. The molecule has 0 radical (unpaired) electrons. The summed E-state index contributed by atoms with van der Waals surface area (Å²) in [5.41, 5.74) is 5.12. The van der Waals surface area contributed by atoms with E-state index in [4.69, 9.17) is 10.5 Å². The molecule has 0 fully saturated rings. The van der Waals surface area contributed by atoms with Crippen molar-refractivity contribution in [2.45, 2.75) is 39.7 Å². The first-order valence-corrected chi connectivity index (χ1v) is 8.31. The maximum absolute atomic E-state index is 12.4. The number of benzene rings is 1. The van der Waals surface area contributed by atoms with E-state index < -0.39 is 23.8 Å². The molecular weight excluding hydrogens is 365 g/mol. The van der Waals surface area contributed by atoms with Gasteiger partial charge in [-0.3, -0.25) is 4.99 Å². The molecule has 0 aliphatic rings. The predicted molar refractivity (Wildman–Crippen MR) is 96.7 cm³/mol. The fourth-order valence-electron chi connectivity index (χ4n) is 1.96. The molecule has 0 aliphatic carbocycles. The molecule has 27 heavy (non-hydrogen) atoms. The first-order chi connectivity index (χ1) is 12.4. The summed E-state index contributed by atoms with van der Waals surface area (Å²) in [4.78, 5) is 17.5. The summed E-state index contributed by atoms with van der Waals surface area (Å²) in [6.07, 6.45) is -5.30. The number of para-hydroxylation sites is 2. The van der Waals surface area contributed by atoms with Crippen LogP contribution < -0.4 is 15.8 Å². The van der Waals surface area contributed by atoms with E-state index in [1.807, 2.05) is 0 Å². The lowest BCUT2D eigenvalue weighted by Crippen LogP contribution is -2.38. The van der Waals surface area contributed by atoms with Crippen molar-refractivity contribution in [3.63, 3.8) is 0 Å². The van der Waals surface area contributed by atoms with Crippen LogP contribution in [0.15, 0.2) is 29.3 Å². The molecule has 7 nitrogen and oxygen atoms in total. The molecule has 3 N–H and O–H groups in total. The van der Waals surface area contributed by atoms with Crippen LogP contribution in [0.25, 0.3) is 0 Å². The van der Waals surface area contributed by atoms with Gasteiger partial charge in [-0.05, 0) is 39.8 Å². The standard InChI is InChI=1S/C17H25F3N4O3/c1-5-24(15(25)27-16(2,3)4)11-10-22-14(21)23-12-8-6-7-9-13(12)26-17(18,19)20/h6-9H,5,10-11H2,1-4H3,(H3,21,22,23). The number of nitrogens with one attached hydrogen (secondary N) is 1. The van der Waals surface area contributed by atoms with Gasteiger partial charge in [0.1, 0.15) is 5.60 Å². The van der Waals surface area contributed by atoms with E-state index >= 15 is 0 Å². The topological polar surface area (TPSA) is 89.2 Å². The molecule has 1 amide bonds. The van der Waals surface area contributed by atoms with Gasteiger partial charge in [0, 0.05) is 13.1 Å². The lowest BCUT2D eigenvalue weighted by Gasteiger charge is -2.26. The second-order valence-electron chi connectivity index (χ2n) is 6.50. The highest BCUT2D eigenvalue weighted by Gasteiger charge is 2.32. The van der Waals surface area contributed by atoms with Crippen LogP contribution in [0.2, 0.25) is 0 Å². The zero-order valence-corrected chi connectivity index (χ0v) is 15.8. The van der Waals surface area contributed by atoms with Gasteiger partial charge in [0.2, 0.25) is 0 Å². The van der Waals surface area contributed by atoms with Crippen LogP contribution in [0.5, 0.6) is 5.75 Å². The average molecular weight is 390 g/mol. The SMILES string of the molecule is CCN(CCN=C(N)Nc1ccccc1OC(F)(F)F)C(=O)OC(C)(C)C. The van der Waals surface area contributed by atoms with E-state index in [1.165, 1.54) is 23.1 Å². The van der Waals surface area contributed by atoms with Gasteiger partial charge < -0.3 is 25.4 Å². The second-order valence-corrected chi connectivity index (χ2v) is 6.50. The molecule has 10 heteroatoms. The molecule has 0 spiro atoms. The third kappa shape index (κ3) is 9.02. The van der Waals surface area contributed by atoms with Crippen LogP contribution in [0.4, 0.5) is 23.7 Å². The van der Waals surface area contributed by atoms with Crippen LogP contribution >= 0.6 is 0 Å². The number of carbonyl (C=O) groups excluding carboxylic acids is 1. The minimum atomic E-state index is -4.82. The first kappa shape index (κ1) is 22.4. The molecule has 0 saturated heterocycles. The highest BCUT2D eigenvalue weighted by atomic mass is 19.4. The minimum absolute atomic E-state index is 0.0237. The molecule has 0 bridgehead atoms. The largest absolute Gasteiger partial charge is 0.573 e. The number of hydrogen-bond acceptors (Lipinski definition) is 4. The van der Waals surface area contributed by atoms with Crippen molar-refractivity contribution in [1.82, 2.24) is 4.90 Å². The number of guanidine groups is 1. The van der Waals surface area contributed by atoms with Crippen molar-refractivity contribution in [2.75, 3.05) is 25.0 Å². The Kier molecular flexibility index (Phi) is 7.74. The molecule has 0 unspecified atom stereocenters. The Morgan fingerprint density at radius 2 is 1.89 bits per heavy atom. The summed E-state index contributed by atoms with van der Waals surface area (Å²) in [5, 5.41) is 2.56. The number of likely N-dealkylation sites (N-methyl/N-ethyl adjacent to an activating group) is 1. The maximum atomic E-state index is 12.4. The quantitative estimate of drug-likeness (QED) is 0.573. The summed E-state index contributed by atoms with van der Waals surface area (Å²) in [5.74, 6) is -0.527. The fraction of sp³-hybridized carbons (Fsp3) is 0.529. The van der Waals surface area contributed by atoms with Gasteiger partial charge in [0.25, 0.3) is 0 Å².